The van der Waals surface area contributed by atoms with Crippen LogP contribution in [0.5, 0.6) is 11.5 Å². The van der Waals surface area contributed by atoms with Crippen molar-refractivity contribution < 1.29 is 9.47 Å². The fourth-order valence-electron chi connectivity index (χ4n) is 2.17. The van der Waals surface area contributed by atoms with Gasteiger partial charge in [-0.3, -0.25) is 0 Å². The van der Waals surface area contributed by atoms with E-state index in [0.29, 0.717) is 13.2 Å². The summed E-state index contributed by atoms with van der Waals surface area (Å²) in [6.45, 7) is 7.10. The molecule has 2 aromatic carbocycles. The Hall–Kier alpha value is -1.47. The van der Waals surface area contributed by atoms with Crippen LogP contribution in [0.15, 0.2) is 41.5 Å². The number of nitrogens with zero attached hydrogens (tertiary/aromatic N) is 1. The van der Waals surface area contributed by atoms with E-state index in [1.807, 2.05) is 57.2 Å². The molecular formula is C19H22ClIN2O2. The third-order valence-electron chi connectivity index (χ3n) is 3.22. The van der Waals surface area contributed by atoms with Crippen molar-refractivity contribution in [2.75, 3.05) is 6.61 Å². The molecule has 0 aromatic heterocycles. The van der Waals surface area contributed by atoms with Gasteiger partial charge in [-0.25, -0.2) is 0 Å². The van der Waals surface area contributed by atoms with Crippen molar-refractivity contribution in [2.45, 2.75) is 33.4 Å². The maximum atomic E-state index is 6.13. The lowest BCUT2D eigenvalue weighted by atomic mass is 10.2. The van der Waals surface area contributed by atoms with E-state index in [1.54, 1.807) is 6.21 Å². The number of hydrogen-bond acceptors (Lipinski definition) is 4. The van der Waals surface area contributed by atoms with Gasteiger partial charge in [-0.05, 0) is 72.7 Å². The van der Waals surface area contributed by atoms with Crippen molar-refractivity contribution in [1.82, 2.24) is 5.43 Å². The van der Waals surface area contributed by atoms with E-state index in [9.17, 15) is 0 Å². The Morgan fingerprint density at radius 3 is 2.72 bits per heavy atom. The molecule has 0 bridgehead atoms. The average molecular weight is 473 g/mol. The largest absolute Gasteiger partial charge is 0.490 e. The first-order valence-corrected chi connectivity index (χ1v) is 9.59. The normalized spacial score (nSPS) is 11.1. The summed E-state index contributed by atoms with van der Waals surface area (Å²) in [4.78, 5) is 0. The zero-order chi connectivity index (χ0) is 18.2. The maximum Gasteiger partial charge on any atom is 0.174 e. The van der Waals surface area contributed by atoms with Crippen LogP contribution >= 0.6 is 34.2 Å². The number of ether oxygens (including phenoxy) is 2. The monoisotopic (exact) mass is 472 g/mol. The van der Waals surface area contributed by atoms with Crippen molar-refractivity contribution in [3.05, 3.63) is 56.1 Å². The van der Waals surface area contributed by atoms with Crippen molar-refractivity contribution in [1.29, 1.82) is 0 Å². The summed E-state index contributed by atoms with van der Waals surface area (Å²) in [7, 11) is 0. The predicted octanol–water partition coefficient (Wildman–Crippen LogP) is 5.25. The summed E-state index contributed by atoms with van der Waals surface area (Å²) in [5.41, 5.74) is 4.97. The van der Waals surface area contributed by atoms with Gasteiger partial charge in [0.2, 0.25) is 0 Å². The van der Waals surface area contributed by atoms with Crippen LogP contribution in [0.25, 0.3) is 0 Å². The van der Waals surface area contributed by atoms with Gasteiger partial charge in [-0.15, -0.1) is 0 Å². The molecule has 25 heavy (non-hydrogen) atoms. The van der Waals surface area contributed by atoms with Crippen molar-refractivity contribution in [3.63, 3.8) is 0 Å². The summed E-state index contributed by atoms with van der Waals surface area (Å²) in [5.74, 6) is 1.51. The molecule has 134 valence electrons. The van der Waals surface area contributed by atoms with Gasteiger partial charge in [0.1, 0.15) is 0 Å². The van der Waals surface area contributed by atoms with E-state index < -0.39 is 0 Å². The zero-order valence-corrected chi connectivity index (χ0v) is 17.5. The molecule has 0 aliphatic rings. The molecule has 2 rings (SSSR count). The minimum atomic E-state index is 0.0875. The Morgan fingerprint density at radius 2 is 2.04 bits per heavy atom. The van der Waals surface area contributed by atoms with Crippen LogP contribution in [0.3, 0.4) is 0 Å². The Labute approximate surface area is 167 Å². The summed E-state index contributed by atoms with van der Waals surface area (Å²) < 4.78 is 12.6. The highest BCUT2D eigenvalue weighted by Gasteiger charge is 2.13. The topological polar surface area (TPSA) is 42.8 Å². The lowest BCUT2D eigenvalue weighted by molar-refractivity contribution is 0.222. The SMILES string of the molecule is CCOc1cc(/C=N\NCc2ccccc2Cl)cc(I)c1OC(C)C. The summed E-state index contributed by atoms with van der Waals surface area (Å²) in [6, 6.07) is 11.7. The van der Waals surface area contributed by atoms with Gasteiger partial charge in [0.25, 0.3) is 0 Å². The van der Waals surface area contributed by atoms with Crippen LogP contribution in [0.4, 0.5) is 0 Å². The molecule has 1 N–H and O–H groups in total. The second-order valence-corrected chi connectivity index (χ2v) is 7.18. The van der Waals surface area contributed by atoms with Gasteiger partial charge in [0.05, 0.1) is 29.0 Å². The Morgan fingerprint density at radius 1 is 1.28 bits per heavy atom. The highest BCUT2D eigenvalue weighted by Crippen LogP contribution is 2.34. The van der Waals surface area contributed by atoms with Gasteiger partial charge in [-0.1, -0.05) is 29.8 Å². The Kier molecular flexibility index (Phi) is 7.84. The Bertz CT molecular complexity index is 735. The van der Waals surface area contributed by atoms with Crippen LogP contribution in [-0.4, -0.2) is 18.9 Å². The smallest absolute Gasteiger partial charge is 0.174 e. The van der Waals surface area contributed by atoms with Crippen LogP contribution in [0.1, 0.15) is 31.9 Å². The molecular weight excluding hydrogens is 451 g/mol. The third kappa shape index (κ3) is 6.08. The van der Waals surface area contributed by atoms with Crippen molar-refractivity contribution in [3.8, 4) is 11.5 Å². The molecule has 0 radical (unpaired) electrons. The second-order valence-electron chi connectivity index (χ2n) is 5.61. The molecule has 0 amide bonds. The minimum absolute atomic E-state index is 0.0875. The number of halogens is 2. The van der Waals surface area contributed by atoms with E-state index in [0.717, 1.165) is 31.2 Å². The van der Waals surface area contributed by atoms with E-state index in [1.165, 1.54) is 0 Å². The molecule has 0 spiro atoms. The van der Waals surface area contributed by atoms with Crippen LogP contribution in [-0.2, 0) is 6.54 Å². The van der Waals surface area contributed by atoms with E-state index in [4.69, 9.17) is 21.1 Å². The quantitative estimate of drug-likeness (QED) is 0.324. The average Bonchev–Trinajstić information content (AvgIpc) is 2.56. The molecule has 4 nitrogen and oxygen atoms in total. The number of benzene rings is 2. The van der Waals surface area contributed by atoms with Gasteiger partial charge >= 0.3 is 0 Å². The Balaban J connectivity index is 2.09. The van der Waals surface area contributed by atoms with Gasteiger partial charge in [0, 0.05) is 5.02 Å². The number of nitrogens with one attached hydrogen (secondary N) is 1. The molecule has 0 saturated heterocycles. The fourth-order valence-corrected chi connectivity index (χ4v) is 3.12. The molecule has 0 saturated carbocycles. The number of hydrogen-bond donors (Lipinski definition) is 1. The van der Waals surface area contributed by atoms with E-state index in [2.05, 4.69) is 33.1 Å². The molecule has 0 heterocycles. The lowest BCUT2D eigenvalue weighted by Crippen LogP contribution is -2.09. The van der Waals surface area contributed by atoms with Crippen molar-refractivity contribution >= 4 is 40.4 Å². The van der Waals surface area contributed by atoms with E-state index in [-0.39, 0.29) is 6.10 Å². The minimum Gasteiger partial charge on any atom is -0.490 e. The molecule has 0 unspecified atom stereocenters. The summed E-state index contributed by atoms with van der Waals surface area (Å²) >= 11 is 8.39. The summed E-state index contributed by atoms with van der Waals surface area (Å²) in [5, 5.41) is 5.01. The first kappa shape index (κ1) is 19.8. The molecule has 0 fully saturated rings. The second kappa shape index (κ2) is 9.87. The summed E-state index contributed by atoms with van der Waals surface area (Å²) in [6.07, 6.45) is 1.85. The molecule has 0 aliphatic carbocycles. The number of hydrazone groups is 1. The van der Waals surface area contributed by atoms with Crippen LogP contribution in [0.2, 0.25) is 5.02 Å². The maximum absolute atomic E-state index is 6.13. The molecule has 2 aromatic rings. The van der Waals surface area contributed by atoms with Crippen LogP contribution < -0.4 is 14.9 Å². The highest BCUT2D eigenvalue weighted by atomic mass is 127. The standard InChI is InChI=1S/C19H22ClIN2O2/c1-4-24-18-10-14(9-17(21)19(18)25-13(2)3)11-22-23-12-15-7-5-6-8-16(15)20/h5-11,13,23H,4,12H2,1-3H3/b22-11-. The molecule has 0 aliphatic heterocycles. The van der Waals surface area contributed by atoms with Gasteiger partial charge in [0.15, 0.2) is 11.5 Å². The first-order valence-electron chi connectivity index (χ1n) is 8.13. The predicted molar refractivity (Wildman–Crippen MR) is 112 cm³/mol. The highest BCUT2D eigenvalue weighted by molar-refractivity contribution is 14.1. The van der Waals surface area contributed by atoms with E-state index >= 15 is 0 Å². The molecule has 6 heteroatoms. The zero-order valence-electron chi connectivity index (χ0n) is 14.6. The first-order chi connectivity index (χ1) is 12.0. The van der Waals surface area contributed by atoms with Crippen LogP contribution in [0, 0.1) is 3.57 Å². The van der Waals surface area contributed by atoms with Crippen molar-refractivity contribution in [2.24, 2.45) is 5.10 Å². The number of rotatable bonds is 8. The fraction of sp³-hybridized carbons (Fsp3) is 0.316. The molecule has 0 atom stereocenters. The third-order valence-corrected chi connectivity index (χ3v) is 4.39. The van der Waals surface area contributed by atoms with Gasteiger partial charge < -0.3 is 14.9 Å². The van der Waals surface area contributed by atoms with Gasteiger partial charge in [-0.2, -0.15) is 5.10 Å². The lowest BCUT2D eigenvalue weighted by Gasteiger charge is -2.16.